The first-order chi connectivity index (χ1) is 17.9. The second kappa shape index (κ2) is 10.9. The number of amides is 1. The number of aromatic nitrogens is 5. The van der Waals surface area contributed by atoms with Crippen molar-refractivity contribution in [3.8, 4) is 17.0 Å². The first-order valence-corrected chi connectivity index (χ1v) is 13.2. The minimum absolute atomic E-state index is 0.0700. The van der Waals surface area contributed by atoms with Crippen molar-refractivity contribution < 1.29 is 9.53 Å². The smallest absolute Gasteiger partial charge is 0.260 e. The van der Waals surface area contributed by atoms with Crippen LogP contribution in [0.5, 0.6) is 5.88 Å². The molecule has 4 aromatic rings. The first-order valence-electron chi connectivity index (χ1n) is 11.3. The molecule has 5 rings (SSSR count). The fourth-order valence-corrected chi connectivity index (χ4v) is 5.36. The molecule has 1 aliphatic heterocycles. The molecule has 0 radical (unpaired) electrons. The van der Waals surface area contributed by atoms with E-state index in [0.29, 0.717) is 38.0 Å². The first kappa shape index (κ1) is 25.2. The standard InChI is InChI=1S/C24H21Cl2N7O3S/c1-32-22-14(11-15(23(32)35)21-16(25)3-2-4-17(21)26)12-27-24(29-22)28-18-5-6-19(31-30-18)36-13-20(34)33-7-9-37-10-8-33/h2-6,11-12H,7-10,13H2,1H3,(H,27,28,29,30). The summed E-state index contributed by atoms with van der Waals surface area (Å²) in [7, 11) is 1.62. The molecule has 3 aromatic heterocycles. The van der Waals surface area contributed by atoms with E-state index in [4.69, 9.17) is 27.9 Å². The van der Waals surface area contributed by atoms with Crippen molar-refractivity contribution in [3.63, 3.8) is 0 Å². The fourth-order valence-electron chi connectivity index (χ4n) is 3.86. The average molecular weight is 558 g/mol. The van der Waals surface area contributed by atoms with Crippen LogP contribution in [0, 0.1) is 0 Å². The number of fused-ring (bicyclic) bond motifs is 1. The van der Waals surface area contributed by atoms with Crippen LogP contribution in [0.3, 0.4) is 0 Å². The molecule has 0 spiro atoms. The molecule has 0 bridgehead atoms. The number of halogens is 2. The quantitative estimate of drug-likeness (QED) is 0.378. The molecular formula is C24H21Cl2N7O3S. The maximum Gasteiger partial charge on any atom is 0.260 e. The molecule has 1 fully saturated rings. The van der Waals surface area contributed by atoms with E-state index >= 15 is 0 Å². The van der Waals surface area contributed by atoms with Gasteiger partial charge in [-0.1, -0.05) is 29.3 Å². The van der Waals surface area contributed by atoms with Crippen LogP contribution in [-0.2, 0) is 11.8 Å². The predicted octanol–water partition coefficient (Wildman–Crippen LogP) is 3.79. The summed E-state index contributed by atoms with van der Waals surface area (Å²) in [6, 6.07) is 9.99. The molecule has 4 heterocycles. The Morgan fingerprint density at radius 1 is 1.14 bits per heavy atom. The molecule has 0 atom stereocenters. The number of rotatable bonds is 6. The number of pyridine rings is 1. The van der Waals surface area contributed by atoms with Crippen LogP contribution >= 0.6 is 35.0 Å². The molecule has 37 heavy (non-hydrogen) atoms. The summed E-state index contributed by atoms with van der Waals surface area (Å²) >= 11 is 14.5. The zero-order valence-corrected chi connectivity index (χ0v) is 22.0. The normalized spacial score (nSPS) is 13.5. The maximum absolute atomic E-state index is 13.1. The number of ether oxygens (including phenoxy) is 1. The van der Waals surface area contributed by atoms with Crippen LogP contribution in [0.25, 0.3) is 22.2 Å². The Bertz CT molecular complexity index is 1510. The van der Waals surface area contributed by atoms with Crippen molar-refractivity contribution in [2.45, 2.75) is 0 Å². The lowest BCUT2D eigenvalue weighted by Crippen LogP contribution is -2.40. The zero-order valence-electron chi connectivity index (χ0n) is 19.6. The summed E-state index contributed by atoms with van der Waals surface area (Å²) in [6.07, 6.45) is 1.59. The summed E-state index contributed by atoms with van der Waals surface area (Å²) in [5.74, 6) is 2.64. The molecule has 1 amide bonds. The number of nitrogens with zero attached hydrogens (tertiary/aromatic N) is 6. The Labute approximate surface area is 226 Å². The molecule has 10 nitrogen and oxygen atoms in total. The molecule has 1 aliphatic rings. The molecule has 0 unspecified atom stereocenters. The number of benzene rings is 1. The van der Waals surface area contributed by atoms with Gasteiger partial charge in [0, 0.05) is 54.9 Å². The van der Waals surface area contributed by atoms with E-state index in [9.17, 15) is 9.59 Å². The van der Waals surface area contributed by atoms with Crippen molar-refractivity contribution in [1.82, 2.24) is 29.6 Å². The third kappa shape index (κ3) is 5.48. The van der Waals surface area contributed by atoms with E-state index < -0.39 is 0 Å². The van der Waals surface area contributed by atoms with Crippen LogP contribution in [0.15, 0.2) is 47.4 Å². The number of thioether (sulfide) groups is 1. The van der Waals surface area contributed by atoms with Gasteiger partial charge in [-0.3, -0.25) is 14.2 Å². The Hall–Kier alpha value is -3.41. The van der Waals surface area contributed by atoms with E-state index in [1.165, 1.54) is 4.57 Å². The van der Waals surface area contributed by atoms with E-state index in [1.54, 1.807) is 54.5 Å². The highest BCUT2D eigenvalue weighted by atomic mass is 35.5. The summed E-state index contributed by atoms with van der Waals surface area (Å²) in [6.45, 7) is 1.37. The van der Waals surface area contributed by atoms with Crippen molar-refractivity contribution in [1.29, 1.82) is 0 Å². The Morgan fingerprint density at radius 2 is 1.89 bits per heavy atom. The van der Waals surface area contributed by atoms with Gasteiger partial charge in [0.2, 0.25) is 11.8 Å². The number of anilines is 2. The van der Waals surface area contributed by atoms with Crippen LogP contribution < -0.4 is 15.6 Å². The minimum Gasteiger partial charge on any atom is -0.466 e. The van der Waals surface area contributed by atoms with Gasteiger partial charge in [0.15, 0.2) is 12.4 Å². The monoisotopic (exact) mass is 557 g/mol. The Balaban J connectivity index is 1.31. The summed E-state index contributed by atoms with van der Waals surface area (Å²) in [4.78, 5) is 35.9. The lowest BCUT2D eigenvalue weighted by molar-refractivity contribution is -0.133. The van der Waals surface area contributed by atoms with E-state index in [1.807, 2.05) is 11.8 Å². The van der Waals surface area contributed by atoms with Crippen LogP contribution in [0.1, 0.15) is 0 Å². The van der Waals surface area contributed by atoms with Crippen molar-refractivity contribution >= 4 is 63.7 Å². The molecule has 0 saturated carbocycles. The number of nitrogens with one attached hydrogen (secondary N) is 1. The number of hydrogen-bond acceptors (Lipinski definition) is 9. The number of aryl methyl sites for hydroxylation is 1. The highest BCUT2D eigenvalue weighted by molar-refractivity contribution is 7.99. The number of hydrogen-bond donors (Lipinski definition) is 1. The van der Waals surface area contributed by atoms with Gasteiger partial charge >= 0.3 is 0 Å². The second-order valence-electron chi connectivity index (χ2n) is 8.16. The highest BCUT2D eigenvalue weighted by Gasteiger charge is 2.18. The zero-order chi connectivity index (χ0) is 25.9. The lowest BCUT2D eigenvalue weighted by Gasteiger charge is -2.26. The summed E-state index contributed by atoms with van der Waals surface area (Å²) in [5.41, 5.74) is 0.932. The summed E-state index contributed by atoms with van der Waals surface area (Å²) in [5, 5.41) is 12.4. The lowest BCUT2D eigenvalue weighted by atomic mass is 10.1. The second-order valence-corrected chi connectivity index (χ2v) is 10.2. The van der Waals surface area contributed by atoms with Crippen molar-refractivity contribution in [2.75, 3.05) is 36.5 Å². The van der Waals surface area contributed by atoms with Gasteiger partial charge in [0.1, 0.15) is 5.65 Å². The third-order valence-corrected chi connectivity index (χ3v) is 7.34. The van der Waals surface area contributed by atoms with Gasteiger partial charge in [-0.05, 0) is 24.3 Å². The fraction of sp³-hybridized carbons (Fsp3) is 0.250. The largest absolute Gasteiger partial charge is 0.466 e. The minimum atomic E-state index is -0.300. The molecular weight excluding hydrogens is 537 g/mol. The van der Waals surface area contributed by atoms with Gasteiger partial charge in [-0.25, -0.2) is 4.98 Å². The molecule has 1 saturated heterocycles. The van der Waals surface area contributed by atoms with Gasteiger partial charge in [0.05, 0.1) is 15.6 Å². The van der Waals surface area contributed by atoms with Gasteiger partial charge in [-0.2, -0.15) is 16.7 Å². The molecule has 1 aromatic carbocycles. The molecule has 0 aliphatic carbocycles. The third-order valence-electron chi connectivity index (χ3n) is 5.77. The number of carbonyl (C=O) groups is 1. The molecule has 190 valence electrons. The van der Waals surface area contributed by atoms with Crippen molar-refractivity contribution in [2.24, 2.45) is 7.05 Å². The van der Waals surface area contributed by atoms with Gasteiger partial charge < -0.3 is 15.0 Å². The topological polar surface area (TPSA) is 115 Å². The van der Waals surface area contributed by atoms with Crippen molar-refractivity contribution in [3.05, 3.63) is 63.0 Å². The Morgan fingerprint density at radius 3 is 2.59 bits per heavy atom. The van der Waals surface area contributed by atoms with E-state index in [0.717, 1.165) is 24.6 Å². The molecule has 1 N–H and O–H groups in total. The van der Waals surface area contributed by atoms with Crippen LogP contribution in [0.2, 0.25) is 10.0 Å². The SMILES string of the molecule is Cn1c(=O)c(-c2c(Cl)cccc2Cl)cc2cnc(Nc3ccc(OCC(=O)N4CCSCC4)nn3)nc21. The van der Waals surface area contributed by atoms with Crippen LogP contribution in [0.4, 0.5) is 11.8 Å². The van der Waals surface area contributed by atoms with E-state index in [-0.39, 0.29) is 29.9 Å². The van der Waals surface area contributed by atoms with E-state index in [2.05, 4.69) is 25.5 Å². The predicted molar refractivity (Wildman–Crippen MR) is 145 cm³/mol. The van der Waals surface area contributed by atoms with Crippen LogP contribution in [-0.4, -0.2) is 66.7 Å². The Kier molecular flexibility index (Phi) is 7.45. The molecule has 13 heteroatoms. The number of carbonyl (C=O) groups excluding carboxylic acids is 1. The van der Waals surface area contributed by atoms with Gasteiger partial charge in [-0.15, -0.1) is 10.2 Å². The van der Waals surface area contributed by atoms with Gasteiger partial charge in [0.25, 0.3) is 11.5 Å². The average Bonchev–Trinajstić information content (AvgIpc) is 2.91. The maximum atomic E-state index is 13.1. The summed E-state index contributed by atoms with van der Waals surface area (Å²) < 4.78 is 6.90. The highest BCUT2D eigenvalue weighted by Crippen LogP contribution is 2.33.